The summed E-state index contributed by atoms with van der Waals surface area (Å²) >= 11 is 0. The van der Waals surface area contributed by atoms with E-state index in [0.717, 1.165) is 4.90 Å². The molecule has 2 aliphatic heterocycles. The van der Waals surface area contributed by atoms with Gasteiger partial charge in [0.15, 0.2) is 0 Å². The van der Waals surface area contributed by atoms with E-state index in [1.54, 1.807) is 24.4 Å². The largest absolute Gasteiger partial charge is 0.464 e. The SMILES string of the molecule is COC(=O)[C@@]1(C)[NH2+][C@@H](c2cccc(F)c2)[C@H]2C(=O)N(C)C(=O)[C@@H]21. The van der Waals surface area contributed by atoms with Crippen LogP contribution in [0.2, 0.25) is 0 Å². The number of amides is 2. The fourth-order valence-electron chi connectivity index (χ4n) is 3.84. The molecule has 0 unspecified atom stereocenters. The molecule has 6 nitrogen and oxygen atoms in total. The van der Waals surface area contributed by atoms with Crippen molar-refractivity contribution in [2.24, 2.45) is 11.8 Å². The van der Waals surface area contributed by atoms with Crippen LogP contribution in [0, 0.1) is 17.7 Å². The molecule has 0 spiro atoms. The molecule has 1 aromatic rings. The highest BCUT2D eigenvalue weighted by Crippen LogP contribution is 2.43. The zero-order valence-electron chi connectivity index (χ0n) is 13.1. The van der Waals surface area contributed by atoms with Crippen molar-refractivity contribution in [3.05, 3.63) is 35.6 Å². The Morgan fingerprint density at radius 1 is 1.35 bits per heavy atom. The van der Waals surface area contributed by atoms with E-state index in [9.17, 15) is 18.8 Å². The van der Waals surface area contributed by atoms with Crippen LogP contribution in [0.5, 0.6) is 0 Å². The minimum absolute atomic E-state index is 0.349. The first-order chi connectivity index (χ1) is 10.8. The number of imide groups is 1. The van der Waals surface area contributed by atoms with Crippen molar-refractivity contribution in [2.75, 3.05) is 14.2 Å². The molecule has 0 aliphatic carbocycles. The van der Waals surface area contributed by atoms with Gasteiger partial charge in [-0.15, -0.1) is 0 Å². The summed E-state index contributed by atoms with van der Waals surface area (Å²) in [5.74, 6) is -3.27. The highest BCUT2D eigenvalue weighted by molar-refractivity contribution is 6.08. The number of carbonyl (C=O) groups excluding carboxylic acids is 3. The van der Waals surface area contributed by atoms with E-state index in [2.05, 4.69) is 0 Å². The molecule has 0 bridgehead atoms. The number of likely N-dealkylation sites (tertiary alicyclic amines) is 1. The number of hydrogen-bond acceptors (Lipinski definition) is 4. The maximum Gasteiger partial charge on any atom is 0.368 e. The van der Waals surface area contributed by atoms with Crippen LogP contribution in [0.15, 0.2) is 24.3 Å². The van der Waals surface area contributed by atoms with Gasteiger partial charge in [-0.05, 0) is 12.1 Å². The van der Waals surface area contributed by atoms with E-state index in [1.165, 1.54) is 26.3 Å². The number of fused-ring (bicyclic) bond motifs is 1. The van der Waals surface area contributed by atoms with Gasteiger partial charge in [0.25, 0.3) is 0 Å². The van der Waals surface area contributed by atoms with Crippen LogP contribution < -0.4 is 5.32 Å². The normalized spacial score (nSPS) is 33.0. The number of benzene rings is 1. The Morgan fingerprint density at radius 2 is 2.04 bits per heavy atom. The van der Waals surface area contributed by atoms with Gasteiger partial charge < -0.3 is 10.1 Å². The maximum absolute atomic E-state index is 13.6. The number of rotatable bonds is 2. The third-order valence-corrected chi connectivity index (χ3v) is 4.99. The summed E-state index contributed by atoms with van der Waals surface area (Å²) in [5.41, 5.74) is -0.641. The van der Waals surface area contributed by atoms with Gasteiger partial charge in [0.2, 0.25) is 17.4 Å². The van der Waals surface area contributed by atoms with E-state index in [4.69, 9.17) is 4.74 Å². The average Bonchev–Trinajstić information content (AvgIpc) is 2.97. The number of ether oxygens (including phenoxy) is 1. The molecule has 2 N–H and O–H groups in total. The third kappa shape index (κ3) is 2.07. The highest BCUT2D eigenvalue weighted by Gasteiger charge is 2.70. The van der Waals surface area contributed by atoms with E-state index in [1.807, 2.05) is 0 Å². The molecule has 23 heavy (non-hydrogen) atoms. The monoisotopic (exact) mass is 321 g/mol. The first-order valence-corrected chi connectivity index (χ1v) is 7.32. The van der Waals surface area contributed by atoms with Gasteiger partial charge in [-0.3, -0.25) is 14.5 Å². The molecule has 2 fully saturated rings. The van der Waals surface area contributed by atoms with Crippen LogP contribution in [0.3, 0.4) is 0 Å². The first-order valence-electron chi connectivity index (χ1n) is 7.32. The van der Waals surface area contributed by atoms with E-state index in [0.29, 0.717) is 5.56 Å². The molecule has 2 heterocycles. The summed E-state index contributed by atoms with van der Waals surface area (Å²) in [7, 11) is 2.65. The number of carbonyl (C=O) groups is 3. The average molecular weight is 321 g/mol. The van der Waals surface area contributed by atoms with Crippen LogP contribution >= 0.6 is 0 Å². The van der Waals surface area contributed by atoms with Crippen molar-refractivity contribution in [1.29, 1.82) is 0 Å². The number of nitrogens with zero attached hydrogens (tertiary/aromatic N) is 1. The summed E-state index contributed by atoms with van der Waals surface area (Å²) in [6.07, 6.45) is 0. The molecular weight excluding hydrogens is 303 g/mol. The minimum atomic E-state index is -1.21. The second kappa shape index (κ2) is 5.13. The predicted octanol–water partition coefficient (Wildman–Crippen LogP) is -0.393. The lowest BCUT2D eigenvalue weighted by Crippen LogP contribution is -2.97. The quantitative estimate of drug-likeness (QED) is 0.594. The molecule has 122 valence electrons. The van der Waals surface area contributed by atoms with Crippen LogP contribution in [-0.4, -0.2) is 42.4 Å². The fraction of sp³-hybridized carbons (Fsp3) is 0.438. The second-order valence-corrected chi connectivity index (χ2v) is 6.26. The van der Waals surface area contributed by atoms with Crippen LogP contribution in [0.1, 0.15) is 18.5 Å². The van der Waals surface area contributed by atoms with Crippen molar-refractivity contribution < 1.29 is 28.8 Å². The molecule has 2 amide bonds. The molecule has 4 atom stereocenters. The number of quaternary nitrogens is 1. The number of hydrogen-bond donors (Lipinski definition) is 1. The highest BCUT2D eigenvalue weighted by atomic mass is 19.1. The van der Waals surface area contributed by atoms with Gasteiger partial charge >= 0.3 is 5.97 Å². The molecular formula is C16H18FN2O4+. The van der Waals surface area contributed by atoms with Gasteiger partial charge in [-0.2, -0.15) is 0 Å². The number of halogens is 1. The molecule has 1 aromatic carbocycles. The smallest absolute Gasteiger partial charge is 0.368 e. The summed E-state index contributed by atoms with van der Waals surface area (Å²) in [4.78, 5) is 38.3. The molecule has 0 aromatic heterocycles. The molecule has 2 saturated heterocycles. The van der Waals surface area contributed by atoms with Gasteiger partial charge in [-0.25, -0.2) is 9.18 Å². The number of methoxy groups -OCH3 is 1. The maximum atomic E-state index is 13.6. The molecule has 0 radical (unpaired) electrons. The van der Waals surface area contributed by atoms with Gasteiger partial charge in [0, 0.05) is 19.5 Å². The summed E-state index contributed by atoms with van der Waals surface area (Å²) in [5, 5.41) is 1.66. The Labute approximate surface area is 132 Å². The summed E-state index contributed by atoms with van der Waals surface area (Å²) < 4.78 is 18.4. The summed E-state index contributed by atoms with van der Waals surface area (Å²) in [6.45, 7) is 1.60. The lowest BCUT2D eigenvalue weighted by molar-refractivity contribution is -0.731. The molecule has 0 saturated carbocycles. The van der Waals surface area contributed by atoms with E-state index >= 15 is 0 Å². The summed E-state index contributed by atoms with van der Waals surface area (Å²) in [6, 6.07) is 5.37. The number of nitrogens with two attached hydrogens (primary N) is 1. The van der Waals surface area contributed by atoms with E-state index in [-0.39, 0.29) is 5.91 Å². The van der Waals surface area contributed by atoms with Crippen LogP contribution in [0.25, 0.3) is 0 Å². The zero-order valence-corrected chi connectivity index (χ0v) is 13.1. The second-order valence-electron chi connectivity index (χ2n) is 6.26. The van der Waals surface area contributed by atoms with Crippen LogP contribution in [0.4, 0.5) is 4.39 Å². The van der Waals surface area contributed by atoms with Crippen molar-refractivity contribution in [2.45, 2.75) is 18.5 Å². The standard InChI is InChI=1S/C16H17FN2O4/c1-16(15(22)23-3)11-10(13(20)19(2)14(11)21)12(18-16)8-5-4-6-9(17)7-8/h4-7,10-12,18H,1-3H3/p+1/t10-,11+,12-,16-/m0/s1. The van der Waals surface area contributed by atoms with Crippen molar-refractivity contribution in [3.8, 4) is 0 Å². The lowest BCUT2D eigenvalue weighted by Gasteiger charge is -2.24. The predicted molar refractivity (Wildman–Crippen MR) is 76.2 cm³/mol. The molecule has 3 rings (SSSR count). The lowest BCUT2D eigenvalue weighted by atomic mass is 9.80. The zero-order chi connectivity index (χ0) is 16.9. The topological polar surface area (TPSA) is 80.3 Å². The fourth-order valence-corrected chi connectivity index (χ4v) is 3.84. The minimum Gasteiger partial charge on any atom is -0.464 e. The Bertz CT molecular complexity index is 707. The first kappa shape index (κ1) is 15.6. The molecule has 7 heteroatoms. The van der Waals surface area contributed by atoms with Gasteiger partial charge in [0.1, 0.15) is 23.7 Å². The Hall–Kier alpha value is -2.28. The Balaban J connectivity index is 2.11. The third-order valence-electron chi connectivity index (χ3n) is 4.99. The number of esters is 1. The Morgan fingerprint density at radius 3 is 2.65 bits per heavy atom. The van der Waals surface area contributed by atoms with Crippen molar-refractivity contribution in [3.63, 3.8) is 0 Å². The van der Waals surface area contributed by atoms with Crippen molar-refractivity contribution in [1.82, 2.24) is 4.90 Å². The van der Waals surface area contributed by atoms with Gasteiger partial charge in [0.05, 0.1) is 7.11 Å². The van der Waals surface area contributed by atoms with E-state index < -0.39 is 41.1 Å². The van der Waals surface area contributed by atoms with Crippen molar-refractivity contribution >= 4 is 17.8 Å². The van der Waals surface area contributed by atoms with Crippen LogP contribution in [-0.2, 0) is 19.1 Å². The Kier molecular flexibility index (Phi) is 3.48. The van der Waals surface area contributed by atoms with Gasteiger partial charge in [-0.1, -0.05) is 12.1 Å². The molecule has 2 aliphatic rings.